The molecule has 0 bridgehead atoms. The van der Waals surface area contributed by atoms with E-state index in [1.54, 1.807) is 20.8 Å². The predicted molar refractivity (Wildman–Crippen MR) is 64.5 cm³/mol. The zero-order valence-corrected chi connectivity index (χ0v) is 11.9. The van der Waals surface area contributed by atoms with Crippen LogP contribution < -0.4 is 5.32 Å². The van der Waals surface area contributed by atoms with Crippen LogP contribution in [0.25, 0.3) is 0 Å². The fourth-order valence-corrected chi connectivity index (χ4v) is 1.66. The minimum absolute atomic E-state index is 0.494. The Labute approximate surface area is 115 Å². The van der Waals surface area contributed by atoms with E-state index >= 15 is 0 Å². The SMILES string of the molecule is COC(=O)C1CC(F)(F)C(NC(=O)OC(C)(C)C)CO1. The van der Waals surface area contributed by atoms with E-state index in [4.69, 9.17) is 9.47 Å². The third-order valence-corrected chi connectivity index (χ3v) is 2.59. The molecule has 1 amide bonds. The van der Waals surface area contributed by atoms with Crippen molar-refractivity contribution in [2.24, 2.45) is 0 Å². The van der Waals surface area contributed by atoms with Gasteiger partial charge in [0.2, 0.25) is 0 Å². The van der Waals surface area contributed by atoms with E-state index in [0.717, 1.165) is 7.11 Å². The molecule has 1 saturated heterocycles. The molecule has 0 aromatic heterocycles. The third kappa shape index (κ3) is 4.59. The fraction of sp³-hybridized carbons (Fsp3) is 0.833. The molecular weight excluding hydrogens is 276 g/mol. The number of hydrogen-bond donors (Lipinski definition) is 1. The summed E-state index contributed by atoms with van der Waals surface area (Å²) < 4.78 is 41.9. The molecule has 0 aliphatic carbocycles. The van der Waals surface area contributed by atoms with Gasteiger partial charge in [-0.3, -0.25) is 0 Å². The molecule has 0 spiro atoms. The Hall–Kier alpha value is -1.44. The summed E-state index contributed by atoms with van der Waals surface area (Å²) in [6, 6.07) is -1.54. The van der Waals surface area contributed by atoms with Gasteiger partial charge in [0, 0.05) is 0 Å². The van der Waals surface area contributed by atoms with Gasteiger partial charge in [-0.05, 0) is 20.8 Å². The number of carbonyl (C=O) groups is 2. The van der Waals surface area contributed by atoms with Gasteiger partial charge in [0.05, 0.1) is 20.1 Å². The molecule has 1 heterocycles. The molecule has 2 unspecified atom stereocenters. The predicted octanol–water partition coefficient (Wildman–Crippen LogP) is 1.48. The molecule has 0 aromatic carbocycles. The van der Waals surface area contributed by atoms with Crippen molar-refractivity contribution >= 4 is 12.1 Å². The van der Waals surface area contributed by atoms with Crippen molar-refractivity contribution in [1.29, 1.82) is 0 Å². The van der Waals surface area contributed by atoms with Gasteiger partial charge in [-0.1, -0.05) is 0 Å². The van der Waals surface area contributed by atoms with E-state index < -0.39 is 48.8 Å². The van der Waals surface area contributed by atoms with Crippen molar-refractivity contribution in [3.63, 3.8) is 0 Å². The largest absolute Gasteiger partial charge is 0.467 e. The minimum Gasteiger partial charge on any atom is -0.467 e. The Morgan fingerprint density at radius 1 is 1.35 bits per heavy atom. The van der Waals surface area contributed by atoms with Crippen LogP contribution in [0.2, 0.25) is 0 Å². The summed E-state index contributed by atoms with van der Waals surface area (Å²) >= 11 is 0. The van der Waals surface area contributed by atoms with Crippen LogP contribution in [0.1, 0.15) is 27.2 Å². The van der Waals surface area contributed by atoms with Gasteiger partial charge in [0.25, 0.3) is 5.92 Å². The maximum absolute atomic E-state index is 13.9. The second kappa shape index (κ2) is 5.90. The lowest BCUT2D eigenvalue weighted by atomic mass is 10.0. The molecule has 0 saturated carbocycles. The van der Waals surface area contributed by atoms with Crippen LogP contribution in [0.5, 0.6) is 0 Å². The van der Waals surface area contributed by atoms with E-state index in [1.807, 2.05) is 0 Å². The molecule has 0 aromatic rings. The third-order valence-electron chi connectivity index (χ3n) is 2.59. The molecule has 8 heteroatoms. The van der Waals surface area contributed by atoms with Crippen molar-refractivity contribution in [1.82, 2.24) is 5.32 Å². The quantitative estimate of drug-likeness (QED) is 0.781. The first-order chi connectivity index (χ1) is 9.05. The number of amides is 1. The number of ether oxygens (including phenoxy) is 3. The molecule has 1 rings (SSSR count). The van der Waals surface area contributed by atoms with Crippen LogP contribution in [0, 0.1) is 0 Å². The molecule has 0 radical (unpaired) electrons. The van der Waals surface area contributed by atoms with E-state index in [9.17, 15) is 18.4 Å². The molecule has 1 aliphatic heterocycles. The monoisotopic (exact) mass is 295 g/mol. The average molecular weight is 295 g/mol. The maximum Gasteiger partial charge on any atom is 0.408 e. The zero-order chi connectivity index (χ0) is 15.6. The highest BCUT2D eigenvalue weighted by atomic mass is 19.3. The number of alkyl carbamates (subject to hydrolysis) is 1. The number of nitrogens with one attached hydrogen (secondary N) is 1. The standard InChI is InChI=1S/C12H19F2NO5/c1-11(2,3)20-10(17)15-8-6-19-7(9(16)18-4)5-12(8,13)14/h7-8H,5-6H2,1-4H3,(H,15,17). The van der Waals surface area contributed by atoms with Gasteiger partial charge in [-0.2, -0.15) is 0 Å². The van der Waals surface area contributed by atoms with E-state index in [0.29, 0.717) is 0 Å². The number of alkyl halides is 2. The van der Waals surface area contributed by atoms with Crippen LogP contribution >= 0.6 is 0 Å². The zero-order valence-electron chi connectivity index (χ0n) is 11.9. The number of halogens is 2. The summed E-state index contributed by atoms with van der Waals surface area (Å²) in [5.74, 6) is -4.14. The number of esters is 1. The van der Waals surface area contributed by atoms with E-state index in [1.165, 1.54) is 0 Å². The molecular formula is C12H19F2NO5. The van der Waals surface area contributed by atoms with Gasteiger partial charge in [0.15, 0.2) is 6.10 Å². The van der Waals surface area contributed by atoms with E-state index in [2.05, 4.69) is 10.1 Å². The highest BCUT2D eigenvalue weighted by molar-refractivity contribution is 5.75. The normalized spacial score (nSPS) is 25.7. The second-order valence-corrected chi connectivity index (χ2v) is 5.51. The lowest BCUT2D eigenvalue weighted by Gasteiger charge is -2.35. The van der Waals surface area contributed by atoms with Crippen molar-refractivity contribution in [3.05, 3.63) is 0 Å². The second-order valence-electron chi connectivity index (χ2n) is 5.51. The summed E-state index contributed by atoms with van der Waals surface area (Å²) in [6.45, 7) is 4.37. The molecule has 116 valence electrons. The van der Waals surface area contributed by atoms with Gasteiger partial charge < -0.3 is 19.5 Å². The summed E-state index contributed by atoms with van der Waals surface area (Å²) in [6.07, 6.45) is -3.13. The van der Waals surface area contributed by atoms with Crippen LogP contribution in [0.3, 0.4) is 0 Å². The van der Waals surface area contributed by atoms with Crippen molar-refractivity contribution in [3.8, 4) is 0 Å². The van der Waals surface area contributed by atoms with Crippen molar-refractivity contribution in [2.75, 3.05) is 13.7 Å². The number of methoxy groups -OCH3 is 1. The molecule has 1 fully saturated rings. The van der Waals surface area contributed by atoms with Crippen molar-refractivity contribution < 1.29 is 32.6 Å². The van der Waals surface area contributed by atoms with Gasteiger partial charge >= 0.3 is 12.1 Å². The molecule has 2 atom stereocenters. The Balaban J connectivity index is 2.61. The number of carbonyl (C=O) groups excluding carboxylic acids is 2. The van der Waals surface area contributed by atoms with Crippen LogP contribution in [-0.2, 0) is 19.0 Å². The smallest absolute Gasteiger partial charge is 0.408 e. The first-order valence-electron chi connectivity index (χ1n) is 6.12. The molecule has 1 N–H and O–H groups in total. The number of hydrogen-bond acceptors (Lipinski definition) is 5. The first kappa shape index (κ1) is 16.6. The maximum atomic E-state index is 13.9. The lowest BCUT2D eigenvalue weighted by Crippen LogP contribution is -2.57. The minimum atomic E-state index is -3.28. The summed E-state index contributed by atoms with van der Waals surface area (Å²) in [5.41, 5.74) is -0.788. The Kier molecular flexibility index (Phi) is 4.90. The average Bonchev–Trinajstić information content (AvgIpc) is 2.28. The topological polar surface area (TPSA) is 73.9 Å². The molecule has 6 nitrogen and oxygen atoms in total. The Morgan fingerprint density at radius 2 is 1.95 bits per heavy atom. The van der Waals surface area contributed by atoms with Crippen molar-refractivity contribution in [2.45, 2.75) is 50.9 Å². The van der Waals surface area contributed by atoms with Gasteiger partial charge in [-0.15, -0.1) is 0 Å². The van der Waals surface area contributed by atoms with Crippen LogP contribution in [0.4, 0.5) is 13.6 Å². The lowest BCUT2D eigenvalue weighted by molar-refractivity contribution is -0.182. The van der Waals surface area contributed by atoms with Gasteiger partial charge in [-0.25, -0.2) is 18.4 Å². The van der Waals surface area contributed by atoms with Gasteiger partial charge in [0.1, 0.15) is 11.6 Å². The summed E-state index contributed by atoms with van der Waals surface area (Å²) in [5, 5.41) is 2.05. The van der Waals surface area contributed by atoms with E-state index in [-0.39, 0.29) is 0 Å². The summed E-state index contributed by atoms with van der Waals surface area (Å²) in [7, 11) is 1.09. The Bertz CT molecular complexity index is 381. The Morgan fingerprint density at radius 3 is 2.40 bits per heavy atom. The summed E-state index contributed by atoms with van der Waals surface area (Å²) in [4.78, 5) is 22.7. The fourth-order valence-electron chi connectivity index (χ4n) is 1.66. The number of rotatable bonds is 2. The molecule has 20 heavy (non-hydrogen) atoms. The first-order valence-corrected chi connectivity index (χ1v) is 6.12. The molecule has 1 aliphatic rings. The highest BCUT2D eigenvalue weighted by Crippen LogP contribution is 2.31. The van der Waals surface area contributed by atoms with Crippen LogP contribution in [-0.4, -0.2) is 49.4 Å². The van der Waals surface area contributed by atoms with Crippen LogP contribution in [0.15, 0.2) is 0 Å². The highest BCUT2D eigenvalue weighted by Gasteiger charge is 2.49.